The highest BCUT2D eigenvalue weighted by atomic mass is 32.1. The number of rotatable bonds is 4. The molecule has 17 heavy (non-hydrogen) atoms. The lowest BCUT2D eigenvalue weighted by Gasteiger charge is -2.28. The Hall–Kier alpha value is -1.20. The van der Waals surface area contributed by atoms with Gasteiger partial charge in [0.05, 0.1) is 5.39 Å². The van der Waals surface area contributed by atoms with E-state index >= 15 is 0 Å². The fourth-order valence-corrected chi connectivity index (χ4v) is 2.80. The maximum absolute atomic E-state index is 5.96. The summed E-state index contributed by atoms with van der Waals surface area (Å²) in [5, 5.41) is 2.90. The average molecular weight is 251 g/mol. The highest BCUT2D eigenvalue weighted by molar-refractivity contribution is 7.16. The zero-order valence-electron chi connectivity index (χ0n) is 10.4. The average Bonchev–Trinajstić information content (AvgIpc) is 2.81. The van der Waals surface area contributed by atoms with E-state index in [-0.39, 0.29) is 0 Å². The minimum atomic E-state index is -0.424. The Balaban J connectivity index is 2.61. The molecule has 0 amide bonds. The second-order valence-corrected chi connectivity index (χ2v) is 4.87. The summed E-state index contributed by atoms with van der Waals surface area (Å²) in [5.41, 5.74) is 5.54. The first-order valence-electron chi connectivity index (χ1n) is 5.73. The van der Waals surface area contributed by atoms with Crippen molar-refractivity contribution in [1.82, 2.24) is 9.97 Å². The molecule has 0 radical (unpaired) electrons. The van der Waals surface area contributed by atoms with Gasteiger partial charge >= 0.3 is 0 Å². The maximum Gasteiger partial charge on any atom is 0.164 e. The number of ether oxygens (including phenoxy) is 1. The SMILES string of the molecule is CCC(CC)(OC)c1nc(N)c2ccsc2n1. The monoisotopic (exact) mass is 251 g/mol. The molecule has 92 valence electrons. The number of nitrogens with two attached hydrogens (primary N) is 1. The number of fused-ring (bicyclic) bond motifs is 1. The Morgan fingerprint density at radius 3 is 2.65 bits per heavy atom. The van der Waals surface area contributed by atoms with E-state index in [0.29, 0.717) is 11.6 Å². The van der Waals surface area contributed by atoms with Crippen LogP contribution in [-0.4, -0.2) is 17.1 Å². The van der Waals surface area contributed by atoms with E-state index in [4.69, 9.17) is 10.5 Å². The Bertz CT molecular complexity index is 511. The Morgan fingerprint density at radius 1 is 1.35 bits per heavy atom. The van der Waals surface area contributed by atoms with Crippen LogP contribution in [-0.2, 0) is 10.3 Å². The van der Waals surface area contributed by atoms with Crippen molar-refractivity contribution < 1.29 is 4.74 Å². The summed E-state index contributed by atoms with van der Waals surface area (Å²) in [6, 6.07) is 1.95. The molecule has 0 aliphatic rings. The van der Waals surface area contributed by atoms with Gasteiger partial charge in [0, 0.05) is 7.11 Å². The van der Waals surface area contributed by atoms with Crippen molar-refractivity contribution >= 4 is 27.4 Å². The summed E-state index contributed by atoms with van der Waals surface area (Å²) in [7, 11) is 1.70. The topological polar surface area (TPSA) is 61.0 Å². The van der Waals surface area contributed by atoms with Crippen LogP contribution in [0.2, 0.25) is 0 Å². The molecule has 0 saturated heterocycles. The first kappa shape index (κ1) is 12.3. The molecule has 4 nitrogen and oxygen atoms in total. The molecular formula is C12H17N3OS. The number of aromatic nitrogens is 2. The lowest BCUT2D eigenvalue weighted by Crippen LogP contribution is -2.29. The van der Waals surface area contributed by atoms with Gasteiger partial charge in [-0.2, -0.15) is 0 Å². The van der Waals surface area contributed by atoms with E-state index in [1.807, 2.05) is 11.4 Å². The smallest absolute Gasteiger partial charge is 0.164 e. The van der Waals surface area contributed by atoms with E-state index in [1.165, 1.54) is 0 Å². The minimum Gasteiger partial charge on any atom is -0.383 e. The number of nitrogens with zero attached hydrogens (tertiary/aromatic N) is 2. The van der Waals surface area contributed by atoms with Gasteiger partial charge in [0.15, 0.2) is 5.82 Å². The van der Waals surface area contributed by atoms with Gasteiger partial charge in [-0.15, -0.1) is 11.3 Å². The van der Waals surface area contributed by atoms with Crippen molar-refractivity contribution in [3.8, 4) is 0 Å². The van der Waals surface area contributed by atoms with Crippen molar-refractivity contribution in [2.24, 2.45) is 0 Å². The van der Waals surface area contributed by atoms with E-state index < -0.39 is 5.60 Å². The van der Waals surface area contributed by atoms with Crippen molar-refractivity contribution in [3.63, 3.8) is 0 Å². The zero-order chi connectivity index (χ0) is 12.5. The van der Waals surface area contributed by atoms with Gasteiger partial charge in [-0.25, -0.2) is 9.97 Å². The van der Waals surface area contributed by atoms with Crippen molar-refractivity contribution in [3.05, 3.63) is 17.3 Å². The molecule has 2 heterocycles. The molecule has 2 N–H and O–H groups in total. The summed E-state index contributed by atoms with van der Waals surface area (Å²) in [4.78, 5) is 9.92. The number of anilines is 1. The number of thiophene rings is 1. The molecule has 0 unspecified atom stereocenters. The molecule has 0 fully saturated rings. The zero-order valence-corrected chi connectivity index (χ0v) is 11.2. The summed E-state index contributed by atoms with van der Waals surface area (Å²) < 4.78 is 5.63. The third-order valence-electron chi connectivity index (χ3n) is 3.30. The predicted octanol–water partition coefficient (Wildman–Crippen LogP) is 2.94. The van der Waals surface area contributed by atoms with Crippen LogP contribution in [0.5, 0.6) is 0 Å². The quantitative estimate of drug-likeness (QED) is 0.907. The van der Waals surface area contributed by atoms with Gasteiger partial charge < -0.3 is 10.5 Å². The van der Waals surface area contributed by atoms with E-state index in [2.05, 4.69) is 23.8 Å². The Kier molecular flexibility index (Phi) is 3.31. The lowest BCUT2D eigenvalue weighted by molar-refractivity contribution is -0.0287. The van der Waals surface area contributed by atoms with Gasteiger partial charge in [0.1, 0.15) is 16.2 Å². The number of nitrogen functional groups attached to an aromatic ring is 1. The molecular weight excluding hydrogens is 234 g/mol. The molecule has 0 aliphatic carbocycles. The van der Waals surface area contributed by atoms with Gasteiger partial charge in [-0.1, -0.05) is 13.8 Å². The van der Waals surface area contributed by atoms with Crippen LogP contribution in [0.4, 0.5) is 5.82 Å². The summed E-state index contributed by atoms with van der Waals surface area (Å²) >= 11 is 1.58. The van der Waals surface area contributed by atoms with E-state index in [0.717, 1.165) is 23.1 Å². The van der Waals surface area contributed by atoms with E-state index in [1.54, 1.807) is 18.4 Å². The molecule has 0 saturated carbocycles. The summed E-state index contributed by atoms with van der Waals surface area (Å²) in [6.45, 7) is 4.15. The number of hydrogen-bond acceptors (Lipinski definition) is 5. The fourth-order valence-electron chi connectivity index (χ4n) is 2.03. The van der Waals surface area contributed by atoms with Crippen LogP contribution in [0.25, 0.3) is 10.2 Å². The van der Waals surface area contributed by atoms with Crippen LogP contribution in [0.15, 0.2) is 11.4 Å². The highest BCUT2D eigenvalue weighted by Gasteiger charge is 2.32. The summed E-state index contributed by atoms with van der Waals surface area (Å²) in [5.74, 6) is 1.23. The van der Waals surface area contributed by atoms with Gasteiger partial charge in [0.2, 0.25) is 0 Å². The molecule has 2 rings (SSSR count). The second-order valence-electron chi connectivity index (χ2n) is 3.98. The maximum atomic E-state index is 5.96. The third-order valence-corrected chi connectivity index (χ3v) is 4.10. The van der Waals surface area contributed by atoms with Crippen LogP contribution in [0, 0.1) is 0 Å². The van der Waals surface area contributed by atoms with E-state index in [9.17, 15) is 0 Å². The molecule has 0 atom stereocenters. The van der Waals surface area contributed by atoms with Crippen LogP contribution in [0.3, 0.4) is 0 Å². The fraction of sp³-hybridized carbons (Fsp3) is 0.500. The van der Waals surface area contributed by atoms with Crippen LogP contribution in [0.1, 0.15) is 32.5 Å². The normalized spacial score (nSPS) is 12.2. The molecule has 2 aromatic rings. The van der Waals surface area contributed by atoms with Crippen LogP contribution < -0.4 is 5.73 Å². The highest BCUT2D eigenvalue weighted by Crippen LogP contribution is 2.33. The van der Waals surface area contributed by atoms with Crippen molar-refractivity contribution in [1.29, 1.82) is 0 Å². The molecule has 0 aliphatic heterocycles. The number of hydrogen-bond donors (Lipinski definition) is 1. The van der Waals surface area contributed by atoms with Crippen molar-refractivity contribution in [2.75, 3.05) is 12.8 Å². The van der Waals surface area contributed by atoms with Gasteiger partial charge in [-0.3, -0.25) is 0 Å². The Labute approximate surface area is 105 Å². The summed E-state index contributed by atoms with van der Waals surface area (Å²) in [6.07, 6.45) is 1.66. The molecule has 0 aromatic carbocycles. The molecule has 5 heteroatoms. The standard InChI is InChI=1S/C12H17N3OS/c1-4-12(5-2,16-3)11-14-9(13)8-6-7-17-10(8)15-11/h6-7H,4-5H2,1-3H3,(H2,13,14,15). The molecule has 0 spiro atoms. The third kappa shape index (κ3) is 1.89. The van der Waals surface area contributed by atoms with Crippen LogP contribution >= 0.6 is 11.3 Å². The predicted molar refractivity (Wildman–Crippen MR) is 71.1 cm³/mol. The first-order valence-corrected chi connectivity index (χ1v) is 6.61. The largest absolute Gasteiger partial charge is 0.383 e. The lowest BCUT2D eigenvalue weighted by atomic mass is 9.96. The second kappa shape index (κ2) is 4.58. The van der Waals surface area contributed by atoms with Gasteiger partial charge in [0.25, 0.3) is 0 Å². The van der Waals surface area contributed by atoms with Gasteiger partial charge in [-0.05, 0) is 24.3 Å². The minimum absolute atomic E-state index is 0.424. The first-order chi connectivity index (χ1) is 8.16. The molecule has 0 bridgehead atoms. The molecule has 2 aromatic heterocycles. The Morgan fingerprint density at radius 2 is 2.06 bits per heavy atom. The number of methoxy groups -OCH3 is 1. The van der Waals surface area contributed by atoms with Crippen molar-refractivity contribution in [2.45, 2.75) is 32.3 Å².